The number of hydrogen-bond acceptors (Lipinski definition) is 6. The molecule has 0 aromatic heterocycles. The molecule has 37 heavy (non-hydrogen) atoms. The van der Waals surface area contributed by atoms with E-state index >= 15 is 0 Å². The molecular weight excluding hydrogens is 466 g/mol. The molecule has 3 saturated heterocycles. The minimum absolute atomic E-state index is 0.00652. The monoisotopic (exact) mass is 503 g/mol. The first-order valence-corrected chi connectivity index (χ1v) is 13.8. The van der Waals surface area contributed by atoms with Crippen LogP contribution in [0.5, 0.6) is 0 Å². The number of fused-ring (bicyclic) bond motifs is 1. The van der Waals surface area contributed by atoms with Crippen LogP contribution < -0.4 is 10.2 Å². The Bertz CT molecular complexity index is 1110. The number of nitrogens with zero attached hydrogens (tertiary/aromatic N) is 2. The molecule has 7 nitrogen and oxygen atoms in total. The molecule has 3 heterocycles. The molecule has 4 atom stereocenters. The third-order valence-corrected chi connectivity index (χ3v) is 8.92. The minimum Gasteiger partial charge on any atom is -0.465 e. The van der Waals surface area contributed by atoms with Crippen LogP contribution in [0, 0.1) is 11.8 Å². The second-order valence-electron chi connectivity index (χ2n) is 11.1. The SMILES string of the molecule is CC(C1CCOC1=O)N1C[C@H]2CCN(c3ccc(NC(=O)c4ccc(COC5CCC5)cc4)cc3)[C@H]2C1. The minimum atomic E-state index is -0.105. The number of carbonyl (C=O) groups is 2. The molecule has 1 aliphatic carbocycles. The van der Waals surface area contributed by atoms with Gasteiger partial charge in [-0.2, -0.15) is 0 Å². The van der Waals surface area contributed by atoms with Crippen molar-refractivity contribution in [2.75, 3.05) is 36.5 Å². The van der Waals surface area contributed by atoms with Crippen molar-refractivity contribution in [1.82, 2.24) is 4.90 Å². The molecule has 4 aliphatic rings. The Morgan fingerprint density at radius 2 is 1.84 bits per heavy atom. The van der Waals surface area contributed by atoms with Crippen molar-refractivity contribution in [2.24, 2.45) is 11.8 Å². The van der Waals surface area contributed by atoms with Gasteiger partial charge in [-0.05, 0) is 86.9 Å². The molecule has 7 heteroatoms. The average Bonchev–Trinajstić information content (AvgIpc) is 3.60. The first-order valence-electron chi connectivity index (χ1n) is 13.8. The van der Waals surface area contributed by atoms with E-state index in [0.29, 0.717) is 36.8 Å². The summed E-state index contributed by atoms with van der Waals surface area (Å²) >= 11 is 0. The average molecular weight is 504 g/mol. The zero-order valence-corrected chi connectivity index (χ0v) is 21.6. The summed E-state index contributed by atoms with van der Waals surface area (Å²) in [7, 11) is 0. The third-order valence-electron chi connectivity index (χ3n) is 8.92. The Hall–Kier alpha value is -2.90. The molecule has 1 saturated carbocycles. The van der Waals surface area contributed by atoms with E-state index in [9.17, 15) is 9.59 Å². The molecule has 3 aliphatic heterocycles. The van der Waals surface area contributed by atoms with Crippen molar-refractivity contribution in [3.05, 3.63) is 59.7 Å². The number of anilines is 2. The summed E-state index contributed by atoms with van der Waals surface area (Å²) in [4.78, 5) is 29.8. The highest BCUT2D eigenvalue weighted by Gasteiger charge is 2.45. The number of hydrogen-bond donors (Lipinski definition) is 1. The standard InChI is InChI=1S/C30H37N3O4/c1-20(27-14-16-36-30(27)35)32-17-23-13-15-33(28(23)18-32)25-11-9-24(10-12-25)31-29(34)22-7-5-21(6-8-22)19-37-26-3-2-4-26/h5-12,20,23,26-28H,2-4,13-19H2,1H3,(H,31,34)/t20?,23-,27?,28+/m1/s1. The Morgan fingerprint density at radius 1 is 1.05 bits per heavy atom. The second kappa shape index (κ2) is 10.5. The van der Waals surface area contributed by atoms with Crippen LogP contribution in [0.15, 0.2) is 48.5 Å². The Labute approximate surface area is 219 Å². The fourth-order valence-corrected chi connectivity index (χ4v) is 6.29. The summed E-state index contributed by atoms with van der Waals surface area (Å²) in [5.74, 6) is 0.493. The normalized spacial score (nSPS) is 26.6. The van der Waals surface area contributed by atoms with E-state index in [2.05, 4.69) is 34.2 Å². The van der Waals surface area contributed by atoms with Gasteiger partial charge in [0, 0.05) is 48.7 Å². The molecule has 1 N–H and O–H groups in total. The summed E-state index contributed by atoms with van der Waals surface area (Å²) in [6, 6.07) is 16.6. The predicted octanol–water partition coefficient (Wildman–Crippen LogP) is 4.47. The largest absolute Gasteiger partial charge is 0.465 e. The summed E-state index contributed by atoms with van der Waals surface area (Å²) in [6.07, 6.45) is 6.00. The lowest BCUT2D eigenvalue weighted by atomic mass is 9.96. The summed E-state index contributed by atoms with van der Waals surface area (Å²) in [5.41, 5.74) is 3.73. The van der Waals surface area contributed by atoms with E-state index in [1.54, 1.807) is 0 Å². The summed E-state index contributed by atoms with van der Waals surface area (Å²) in [6.45, 7) is 6.42. The van der Waals surface area contributed by atoms with Crippen LogP contribution in [0.3, 0.4) is 0 Å². The quantitative estimate of drug-likeness (QED) is 0.536. The molecule has 6 rings (SSSR count). The van der Waals surface area contributed by atoms with Gasteiger partial charge in [-0.25, -0.2) is 0 Å². The third kappa shape index (κ3) is 5.12. The smallest absolute Gasteiger partial charge is 0.310 e. The zero-order valence-electron chi connectivity index (χ0n) is 21.6. The lowest BCUT2D eigenvalue weighted by Gasteiger charge is -2.31. The first kappa shape index (κ1) is 24.4. The number of likely N-dealkylation sites (tertiary alicyclic amines) is 1. The van der Waals surface area contributed by atoms with Crippen molar-refractivity contribution in [3.63, 3.8) is 0 Å². The van der Waals surface area contributed by atoms with Gasteiger partial charge in [0.05, 0.1) is 25.2 Å². The highest BCUT2D eigenvalue weighted by atomic mass is 16.5. The lowest BCUT2D eigenvalue weighted by molar-refractivity contribution is -0.142. The van der Waals surface area contributed by atoms with Crippen LogP contribution in [0.4, 0.5) is 11.4 Å². The molecule has 1 amide bonds. The highest BCUT2D eigenvalue weighted by Crippen LogP contribution is 2.37. The van der Waals surface area contributed by atoms with Crippen LogP contribution in [0.25, 0.3) is 0 Å². The van der Waals surface area contributed by atoms with Gasteiger partial charge in [-0.15, -0.1) is 0 Å². The van der Waals surface area contributed by atoms with E-state index in [0.717, 1.165) is 50.1 Å². The predicted molar refractivity (Wildman–Crippen MR) is 143 cm³/mol. The van der Waals surface area contributed by atoms with E-state index in [4.69, 9.17) is 9.47 Å². The van der Waals surface area contributed by atoms with Gasteiger partial charge in [0.2, 0.25) is 0 Å². The van der Waals surface area contributed by atoms with Gasteiger partial charge in [0.15, 0.2) is 0 Å². The van der Waals surface area contributed by atoms with Crippen molar-refractivity contribution in [1.29, 1.82) is 0 Å². The maximum Gasteiger partial charge on any atom is 0.310 e. The number of esters is 1. The van der Waals surface area contributed by atoms with Crippen LogP contribution in [-0.4, -0.2) is 61.2 Å². The van der Waals surface area contributed by atoms with Crippen LogP contribution in [0.1, 0.15) is 54.9 Å². The number of amides is 1. The van der Waals surface area contributed by atoms with E-state index < -0.39 is 0 Å². The topological polar surface area (TPSA) is 71.1 Å². The van der Waals surface area contributed by atoms with E-state index in [-0.39, 0.29) is 23.8 Å². The molecule has 0 bridgehead atoms. The fraction of sp³-hybridized carbons (Fsp3) is 0.533. The number of benzene rings is 2. The number of nitrogens with one attached hydrogen (secondary N) is 1. The number of carbonyl (C=O) groups excluding carboxylic acids is 2. The molecule has 196 valence electrons. The summed E-state index contributed by atoms with van der Waals surface area (Å²) < 4.78 is 11.1. The van der Waals surface area contributed by atoms with Crippen molar-refractivity contribution in [3.8, 4) is 0 Å². The molecule has 2 aromatic carbocycles. The van der Waals surface area contributed by atoms with Crippen LogP contribution in [-0.2, 0) is 20.9 Å². The number of cyclic esters (lactones) is 1. The van der Waals surface area contributed by atoms with Crippen molar-refractivity contribution < 1.29 is 19.1 Å². The number of rotatable bonds is 8. The molecule has 4 fully saturated rings. The Morgan fingerprint density at radius 3 is 2.51 bits per heavy atom. The van der Waals surface area contributed by atoms with E-state index in [1.165, 1.54) is 18.5 Å². The highest BCUT2D eigenvalue weighted by molar-refractivity contribution is 6.04. The van der Waals surface area contributed by atoms with Gasteiger partial charge in [0.1, 0.15) is 0 Å². The number of ether oxygens (including phenoxy) is 2. The fourth-order valence-electron chi connectivity index (χ4n) is 6.29. The van der Waals surface area contributed by atoms with Crippen molar-refractivity contribution >= 4 is 23.3 Å². The summed E-state index contributed by atoms with van der Waals surface area (Å²) in [5, 5.41) is 3.03. The first-order chi connectivity index (χ1) is 18.0. The van der Waals surface area contributed by atoms with Gasteiger partial charge < -0.3 is 19.7 Å². The van der Waals surface area contributed by atoms with Gasteiger partial charge in [-0.1, -0.05) is 12.1 Å². The second-order valence-corrected chi connectivity index (χ2v) is 11.1. The van der Waals surface area contributed by atoms with Crippen molar-refractivity contribution in [2.45, 2.75) is 63.8 Å². The Kier molecular flexibility index (Phi) is 6.91. The van der Waals surface area contributed by atoms with Crippen LogP contribution in [0.2, 0.25) is 0 Å². The molecule has 2 aromatic rings. The maximum atomic E-state index is 12.8. The van der Waals surface area contributed by atoms with Crippen LogP contribution >= 0.6 is 0 Å². The maximum absolute atomic E-state index is 12.8. The zero-order chi connectivity index (χ0) is 25.4. The lowest BCUT2D eigenvalue weighted by Crippen LogP contribution is -2.42. The Balaban J connectivity index is 1.03. The molecule has 0 spiro atoms. The molecule has 0 radical (unpaired) electrons. The van der Waals surface area contributed by atoms with Gasteiger partial charge >= 0.3 is 5.97 Å². The van der Waals surface area contributed by atoms with Gasteiger partial charge in [0.25, 0.3) is 5.91 Å². The van der Waals surface area contributed by atoms with E-state index in [1.807, 2.05) is 36.4 Å². The molecule has 2 unspecified atom stereocenters. The molecular formula is C30H37N3O4. The van der Waals surface area contributed by atoms with Gasteiger partial charge in [-0.3, -0.25) is 14.5 Å².